The highest BCUT2D eigenvalue weighted by molar-refractivity contribution is 5.87. The second kappa shape index (κ2) is 4.56. The topological polar surface area (TPSA) is 104 Å². The standard InChI is InChI=1S/C12H17N3O4/c1-12(2,3)19-11(18)13-6-4-7-8(5-6)14-15-9(7)10(16)17/h6H,4-5H2,1-3H3,(H,13,18)(H,14,15)(H,16,17)/t6-/m0/s1. The minimum Gasteiger partial charge on any atom is -0.476 e. The number of carbonyl (C=O) groups excluding carboxylic acids is 1. The highest BCUT2D eigenvalue weighted by atomic mass is 16.6. The second-order valence-corrected chi connectivity index (χ2v) is 5.59. The van der Waals surface area contributed by atoms with Crippen LogP contribution in [0.3, 0.4) is 0 Å². The first kappa shape index (κ1) is 13.4. The number of amides is 1. The molecule has 0 saturated carbocycles. The van der Waals surface area contributed by atoms with Crippen molar-refractivity contribution >= 4 is 12.1 Å². The van der Waals surface area contributed by atoms with Gasteiger partial charge in [-0.1, -0.05) is 0 Å². The highest BCUT2D eigenvalue weighted by Crippen LogP contribution is 2.23. The van der Waals surface area contributed by atoms with Gasteiger partial charge in [-0.15, -0.1) is 0 Å². The van der Waals surface area contributed by atoms with Crippen LogP contribution in [0.25, 0.3) is 0 Å². The van der Waals surface area contributed by atoms with Gasteiger partial charge in [-0.3, -0.25) is 5.10 Å². The normalized spacial score (nSPS) is 17.9. The Bertz CT molecular complexity index is 516. The predicted molar refractivity (Wildman–Crippen MR) is 66.1 cm³/mol. The summed E-state index contributed by atoms with van der Waals surface area (Å²) < 4.78 is 5.16. The molecule has 1 aliphatic rings. The summed E-state index contributed by atoms with van der Waals surface area (Å²) in [5.74, 6) is -1.06. The summed E-state index contributed by atoms with van der Waals surface area (Å²) >= 11 is 0. The number of carbonyl (C=O) groups is 2. The number of H-pyrrole nitrogens is 1. The van der Waals surface area contributed by atoms with E-state index < -0.39 is 17.7 Å². The van der Waals surface area contributed by atoms with Crippen molar-refractivity contribution in [3.63, 3.8) is 0 Å². The Balaban J connectivity index is 1.97. The van der Waals surface area contributed by atoms with Crippen LogP contribution in [0.1, 0.15) is 42.5 Å². The molecule has 0 unspecified atom stereocenters. The third-order valence-electron chi connectivity index (χ3n) is 2.78. The number of aromatic nitrogens is 2. The van der Waals surface area contributed by atoms with Crippen molar-refractivity contribution in [2.75, 3.05) is 0 Å². The zero-order valence-corrected chi connectivity index (χ0v) is 11.1. The Kier molecular flexibility index (Phi) is 3.21. The van der Waals surface area contributed by atoms with Crippen molar-refractivity contribution in [2.45, 2.75) is 45.3 Å². The monoisotopic (exact) mass is 267 g/mol. The van der Waals surface area contributed by atoms with Crippen molar-refractivity contribution < 1.29 is 19.4 Å². The molecule has 1 aliphatic carbocycles. The molecule has 0 bridgehead atoms. The number of ether oxygens (including phenoxy) is 1. The quantitative estimate of drug-likeness (QED) is 0.744. The van der Waals surface area contributed by atoms with Crippen molar-refractivity contribution in [3.05, 3.63) is 17.0 Å². The van der Waals surface area contributed by atoms with Crippen LogP contribution in [-0.2, 0) is 17.6 Å². The van der Waals surface area contributed by atoms with Crippen LogP contribution in [0.5, 0.6) is 0 Å². The largest absolute Gasteiger partial charge is 0.476 e. The molecule has 0 radical (unpaired) electrons. The van der Waals surface area contributed by atoms with E-state index in [1.165, 1.54) is 0 Å². The lowest BCUT2D eigenvalue weighted by molar-refractivity contribution is 0.0506. The fourth-order valence-corrected chi connectivity index (χ4v) is 2.11. The Morgan fingerprint density at radius 3 is 2.68 bits per heavy atom. The van der Waals surface area contributed by atoms with Crippen LogP contribution in [0.2, 0.25) is 0 Å². The van der Waals surface area contributed by atoms with E-state index in [1.807, 2.05) is 0 Å². The van der Waals surface area contributed by atoms with Gasteiger partial charge < -0.3 is 15.2 Å². The Morgan fingerprint density at radius 2 is 2.11 bits per heavy atom. The van der Waals surface area contributed by atoms with Gasteiger partial charge in [0.05, 0.1) is 0 Å². The molecule has 3 N–H and O–H groups in total. The van der Waals surface area contributed by atoms with Gasteiger partial charge in [0.2, 0.25) is 0 Å². The van der Waals surface area contributed by atoms with E-state index in [4.69, 9.17) is 9.84 Å². The lowest BCUT2D eigenvalue weighted by atomic mass is 10.2. The molecule has 1 aromatic heterocycles. The van der Waals surface area contributed by atoms with Gasteiger partial charge >= 0.3 is 12.1 Å². The molecule has 2 rings (SSSR count). The second-order valence-electron chi connectivity index (χ2n) is 5.59. The summed E-state index contributed by atoms with van der Waals surface area (Å²) in [7, 11) is 0. The Morgan fingerprint density at radius 1 is 1.42 bits per heavy atom. The van der Waals surface area contributed by atoms with E-state index >= 15 is 0 Å². The van der Waals surface area contributed by atoms with Gasteiger partial charge in [-0.25, -0.2) is 9.59 Å². The smallest absolute Gasteiger partial charge is 0.407 e. The summed E-state index contributed by atoms with van der Waals surface area (Å²) in [6, 6.07) is -0.155. The number of nitrogens with one attached hydrogen (secondary N) is 2. The molecule has 0 aliphatic heterocycles. The fourth-order valence-electron chi connectivity index (χ4n) is 2.11. The van der Waals surface area contributed by atoms with Crippen molar-refractivity contribution in [3.8, 4) is 0 Å². The van der Waals surface area contributed by atoms with Crippen LogP contribution in [0.15, 0.2) is 0 Å². The van der Waals surface area contributed by atoms with Crippen LogP contribution < -0.4 is 5.32 Å². The average molecular weight is 267 g/mol. The Hall–Kier alpha value is -2.05. The predicted octanol–water partition coefficient (Wildman–Crippen LogP) is 1.10. The molecular weight excluding hydrogens is 250 g/mol. The number of carboxylic acid groups (broad SMARTS) is 1. The average Bonchev–Trinajstić information content (AvgIpc) is 2.71. The SMILES string of the molecule is CC(C)(C)OC(=O)N[C@@H]1Cc2[nH]nc(C(=O)O)c2C1. The molecule has 0 fully saturated rings. The van der Waals surface area contributed by atoms with Gasteiger partial charge in [0.15, 0.2) is 5.69 Å². The van der Waals surface area contributed by atoms with Crippen LogP contribution in [0, 0.1) is 0 Å². The first-order valence-corrected chi connectivity index (χ1v) is 6.05. The lowest BCUT2D eigenvalue weighted by Gasteiger charge is -2.21. The van der Waals surface area contributed by atoms with Crippen molar-refractivity contribution in [1.29, 1.82) is 0 Å². The fraction of sp³-hybridized carbons (Fsp3) is 0.583. The van der Waals surface area contributed by atoms with E-state index in [-0.39, 0.29) is 11.7 Å². The van der Waals surface area contributed by atoms with E-state index in [1.54, 1.807) is 20.8 Å². The first-order valence-electron chi connectivity index (χ1n) is 6.05. The molecule has 7 nitrogen and oxygen atoms in total. The number of hydrogen-bond donors (Lipinski definition) is 3. The van der Waals surface area contributed by atoms with Gasteiger partial charge in [0, 0.05) is 23.7 Å². The number of aromatic carboxylic acids is 1. The summed E-state index contributed by atoms with van der Waals surface area (Å²) in [4.78, 5) is 22.6. The summed E-state index contributed by atoms with van der Waals surface area (Å²) in [6.07, 6.45) is 0.495. The van der Waals surface area contributed by atoms with Crippen LogP contribution >= 0.6 is 0 Å². The number of aromatic amines is 1. The van der Waals surface area contributed by atoms with Crippen molar-refractivity contribution in [1.82, 2.24) is 15.5 Å². The zero-order chi connectivity index (χ0) is 14.2. The zero-order valence-electron chi connectivity index (χ0n) is 11.1. The third-order valence-corrected chi connectivity index (χ3v) is 2.78. The molecular formula is C12H17N3O4. The molecule has 1 heterocycles. The number of alkyl carbamates (subject to hydrolysis) is 1. The van der Waals surface area contributed by atoms with Gasteiger partial charge in [-0.2, -0.15) is 5.10 Å². The number of rotatable bonds is 2. The molecule has 19 heavy (non-hydrogen) atoms. The minimum atomic E-state index is -1.06. The van der Waals surface area contributed by atoms with Crippen molar-refractivity contribution in [2.24, 2.45) is 0 Å². The number of fused-ring (bicyclic) bond motifs is 1. The van der Waals surface area contributed by atoms with E-state index in [0.29, 0.717) is 18.4 Å². The molecule has 104 valence electrons. The maximum absolute atomic E-state index is 11.6. The summed E-state index contributed by atoms with van der Waals surface area (Å²) in [6.45, 7) is 5.36. The number of hydrogen-bond acceptors (Lipinski definition) is 4. The van der Waals surface area contributed by atoms with Crippen LogP contribution in [-0.4, -0.2) is 39.0 Å². The molecule has 1 atom stereocenters. The highest BCUT2D eigenvalue weighted by Gasteiger charge is 2.31. The van der Waals surface area contributed by atoms with E-state index in [0.717, 1.165) is 5.69 Å². The molecule has 7 heteroatoms. The van der Waals surface area contributed by atoms with E-state index in [2.05, 4.69) is 15.5 Å². The molecule has 1 amide bonds. The first-order chi connectivity index (χ1) is 8.76. The van der Waals surface area contributed by atoms with Crippen LogP contribution in [0.4, 0.5) is 4.79 Å². The molecule has 0 aromatic carbocycles. The summed E-state index contributed by atoms with van der Waals surface area (Å²) in [5.41, 5.74) is 0.903. The Labute approximate surface area is 110 Å². The summed E-state index contributed by atoms with van der Waals surface area (Å²) in [5, 5.41) is 18.1. The lowest BCUT2D eigenvalue weighted by Crippen LogP contribution is -2.39. The maximum Gasteiger partial charge on any atom is 0.407 e. The molecule has 0 saturated heterocycles. The number of carboxylic acids is 1. The van der Waals surface area contributed by atoms with Gasteiger partial charge in [0.25, 0.3) is 0 Å². The maximum atomic E-state index is 11.6. The molecule has 0 spiro atoms. The number of nitrogens with zero attached hydrogens (tertiary/aromatic N) is 1. The molecule has 1 aromatic rings. The van der Waals surface area contributed by atoms with Gasteiger partial charge in [0.1, 0.15) is 5.60 Å². The minimum absolute atomic E-state index is 0.0310. The van der Waals surface area contributed by atoms with E-state index in [9.17, 15) is 9.59 Å². The van der Waals surface area contributed by atoms with Gasteiger partial charge in [-0.05, 0) is 27.2 Å². The third kappa shape index (κ3) is 3.04.